The molecule has 5 heteroatoms. The molecule has 0 radical (unpaired) electrons. The number of aromatic nitrogens is 1. The number of nitrogens with zero attached hydrogens (tertiary/aromatic N) is 3. The molecule has 1 aliphatic rings. The van der Waals surface area contributed by atoms with E-state index < -0.39 is 0 Å². The van der Waals surface area contributed by atoms with Crippen molar-refractivity contribution in [1.82, 2.24) is 15.3 Å². The molecule has 1 aromatic heterocycles. The van der Waals surface area contributed by atoms with Crippen LogP contribution in [-0.2, 0) is 0 Å². The number of nitrogens with one attached hydrogen (secondary N) is 1. The molecule has 0 saturated carbocycles. The monoisotopic (exact) mass is 276 g/mol. The van der Waals surface area contributed by atoms with Gasteiger partial charge < -0.3 is 4.90 Å². The summed E-state index contributed by atoms with van der Waals surface area (Å²) in [7, 11) is 0. The van der Waals surface area contributed by atoms with Gasteiger partial charge in [0.1, 0.15) is 0 Å². The number of hydrogen-bond acceptors (Lipinski definition) is 3. The van der Waals surface area contributed by atoms with Gasteiger partial charge in [-0.05, 0) is 50.0 Å². The molecule has 2 heterocycles. The lowest BCUT2D eigenvalue weighted by molar-refractivity contribution is 0.271. The van der Waals surface area contributed by atoms with E-state index in [1.54, 1.807) is 6.20 Å². The Morgan fingerprint density at radius 1 is 1.53 bits per heavy atom. The predicted octanol–water partition coefficient (Wildman–Crippen LogP) is 2.41. The molecule has 0 spiro atoms. The van der Waals surface area contributed by atoms with Crippen LogP contribution in [0, 0.1) is 5.92 Å². The molecule has 4 nitrogen and oxygen atoms in total. The van der Waals surface area contributed by atoms with E-state index in [1.807, 2.05) is 25.1 Å². The molecular weight excluding hydrogens is 256 g/mol. The number of likely N-dealkylation sites (tertiary alicyclic amines) is 1. The summed E-state index contributed by atoms with van der Waals surface area (Å²) in [6.45, 7) is 6.23. The van der Waals surface area contributed by atoms with E-state index in [1.165, 1.54) is 12.8 Å². The van der Waals surface area contributed by atoms with Crippen molar-refractivity contribution in [3.05, 3.63) is 30.1 Å². The van der Waals surface area contributed by atoms with Crippen molar-refractivity contribution >= 4 is 23.0 Å². The van der Waals surface area contributed by atoms with Gasteiger partial charge in [0.25, 0.3) is 0 Å². The van der Waals surface area contributed by atoms with Crippen molar-refractivity contribution in [3.63, 3.8) is 0 Å². The Morgan fingerprint density at radius 2 is 2.37 bits per heavy atom. The molecule has 1 fully saturated rings. The van der Waals surface area contributed by atoms with Gasteiger partial charge in [-0.25, -0.2) is 0 Å². The maximum atomic E-state index is 5.38. The second-order valence-corrected chi connectivity index (χ2v) is 5.41. The number of pyridine rings is 1. The molecule has 0 aromatic carbocycles. The van der Waals surface area contributed by atoms with Crippen LogP contribution in [0.15, 0.2) is 29.5 Å². The number of thiocarbonyl (C=S) groups is 1. The summed E-state index contributed by atoms with van der Waals surface area (Å²) in [6, 6.07) is 5.78. The van der Waals surface area contributed by atoms with Crippen LogP contribution in [0.25, 0.3) is 0 Å². The predicted molar refractivity (Wildman–Crippen MR) is 82.2 cm³/mol. The van der Waals surface area contributed by atoms with Gasteiger partial charge in [-0.2, -0.15) is 5.10 Å². The third-order valence-electron chi connectivity index (χ3n) is 3.30. The molecule has 1 aromatic rings. The van der Waals surface area contributed by atoms with Crippen LogP contribution >= 0.6 is 12.2 Å². The van der Waals surface area contributed by atoms with Crippen molar-refractivity contribution in [2.45, 2.75) is 26.7 Å². The molecule has 1 aliphatic heterocycles. The molecule has 1 saturated heterocycles. The third kappa shape index (κ3) is 3.99. The Labute approximate surface area is 119 Å². The summed E-state index contributed by atoms with van der Waals surface area (Å²) in [6.07, 6.45) is 4.25. The van der Waals surface area contributed by atoms with Gasteiger partial charge >= 0.3 is 0 Å². The topological polar surface area (TPSA) is 40.5 Å². The van der Waals surface area contributed by atoms with Crippen molar-refractivity contribution in [1.29, 1.82) is 0 Å². The second-order valence-electron chi connectivity index (χ2n) is 5.02. The summed E-state index contributed by atoms with van der Waals surface area (Å²) in [5.41, 5.74) is 4.68. The molecule has 0 aliphatic carbocycles. The number of rotatable bonds is 2. The molecule has 0 bridgehead atoms. The average Bonchev–Trinajstić information content (AvgIpc) is 2.45. The van der Waals surface area contributed by atoms with Gasteiger partial charge in [0, 0.05) is 19.3 Å². The van der Waals surface area contributed by atoms with E-state index in [-0.39, 0.29) is 0 Å². The highest BCUT2D eigenvalue weighted by Crippen LogP contribution is 2.15. The van der Waals surface area contributed by atoms with Crippen LogP contribution in [0.2, 0.25) is 0 Å². The molecule has 2 rings (SSSR count). The van der Waals surface area contributed by atoms with E-state index in [0.29, 0.717) is 11.0 Å². The smallest absolute Gasteiger partial charge is 0.189 e. The SMILES string of the molecule is C/C(=N\NC(=S)N1CCCC(C)C1)c1ccccn1. The van der Waals surface area contributed by atoms with Crippen molar-refractivity contribution in [2.75, 3.05) is 13.1 Å². The number of hydrazone groups is 1. The van der Waals surface area contributed by atoms with E-state index in [2.05, 4.69) is 27.3 Å². The fourth-order valence-electron chi connectivity index (χ4n) is 2.21. The Kier molecular flexibility index (Phi) is 4.85. The van der Waals surface area contributed by atoms with Gasteiger partial charge in [-0.15, -0.1) is 0 Å². The van der Waals surface area contributed by atoms with Crippen LogP contribution in [0.3, 0.4) is 0 Å². The lowest BCUT2D eigenvalue weighted by atomic mass is 10.0. The molecule has 1 unspecified atom stereocenters. The first-order valence-electron chi connectivity index (χ1n) is 6.67. The van der Waals surface area contributed by atoms with Gasteiger partial charge in [0.2, 0.25) is 0 Å². The van der Waals surface area contributed by atoms with Gasteiger partial charge in [-0.3, -0.25) is 10.4 Å². The summed E-state index contributed by atoms with van der Waals surface area (Å²) in [5.74, 6) is 0.703. The zero-order valence-electron chi connectivity index (χ0n) is 11.5. The molecule has 1 atom stereocenters. The van der Waals surface area contributed by atoms with Crippen LogP contribution in [0.5, 0.6) is 0 Å². The normalized spacial score (nSPS) is 20.2. The standard InChI is InChI=1S/C14H20N4S/c1-11-6-5-9-18(10-11)14(19)17-16-12(2)13-7-3-4-8-15-13/h3-4,7-8,11H,5-6,9-10H2,1-2H3,(H,17,19)/b16-12+. The number of piperidine rings is 1. The molecular formula is C14H20N4S. The quantitative estimate of drug-likeness (QED) is 0.511. The maximum Gasteiger partial charge on any atom is 0.189 e. The van der Waals surface area contributed by atoms with Gasteiger partial charge in [-0.1, -0.05) is 13.0 Å². The fraction of sp³-hybridized carbons (Fsp3) is 0.500. The van der Waals surface area contributed by atoms with Crippen LogP contribution in [0.4, 0.5) is 0 Å². The summed E-state index contributed by atoms with van der Waals surface area (Å²) in [5, 5.41) is 5.03. The highest BCUT2D eigenvalue weighted by Gasteiger charge is 2.18. The van der Waals surface area contributed by atoms with Crippen molar-refractivity contribution < 1.29 is 0 Å². The first-order valence-corrected chi connectivity index (χ1v) is 7.08. The summed E-state index contributed by atoms with van der Waals surface area (Å²) >= 11 is 5.38. The first kappa shape index (κ1) is 13.9. The largest absolute Gasteiger partial charge is 0.348 e. The Bertz CT molecular complexity index is 458. The van der Waals surface area contributed by atoms with E-state index in [9.17, 15) is 0 Å². The molecule has 1 N–H and O–H groups in total. The second kappa shape index (κ2) is 6.61. The van der Waals surface area contributed by atoms with Gasteiger partial charge in [0.05, 0.1) is 11.4 Å². The molecule has 0 amide bonds. The van der Waals surface area contributed by atoms with Gasteiger partial charge in [0.15, 0.2) is 5.11 Å². The van der Waals surface area contributed by atoms with E-state index in [4.69, 9.17) is 12.2 Å². The molecule has 102 valence electrons. The van der Waals surface area contributed by atoms with Crippen LogP contribution in [0.1, 0.15) is 32.4 Å². The summed E-state index contributed by atoms with van der Waals surface area (Å²) < 4.78 is 0. The lowest BCUT2D eigenvalue weighted by Crippen LogP contribution is -2.43. The minimum atomic E-state index is 0.703. The third-order valence-corrected chi connectivity index (χ3v) is 3.65. The van der Waals surface area contributed by atoms with Crippen molar-refractivity contribution in [3.8, 4) is 0 Å². The van der Waals surface area contributed by atoms with Crippen LogP contribution in [-0.4, -0.2) is 33.8 Å². The van der Waals surface area contributed by atoms with E-state index >= 15 is 0 Å². The number of hydrogen-bond donors (Lipinski definition) is 1. The fourth-order valence-corrected chi connectivity index (χ4v) is 2.42. The lowest BCUT2D eigenvalue weighted by Gasteiger charge is -2.32. The highest BCUT2D eigenvalue weighted by atomic mass is 32.1. The van der Waals surface area contributed by atoms with Crippen molar-refractivity contribution in [2.24, 2.45) is 11.0 Å². The Hall–Kier alpha value is -1.49. The Balaban J connectivity index is 1.92. The maximum absolute atomic E-state index is 5.38. The zero-order valence-corrected chi connectivity index (χ0v) is 12.3. The van der Waals surface area contributed by atoms with Crippen LogP contribution < -0.4 is 5.43 Å². The zero-order chi connectivity index (χ0) is 13.7. The highest BCUT2D eigenvalue weighted by molar-refractivity contribution is 7.80. The first-order chi connectivity index (χ1) is 9.16. The Morgan fingerprint density at radius 3 is 3.05 bits per heavy atom. The minimum Gasteiger partial charge on any atom is -0.348 e. The molecule has 19 heavy (non-hydrogen) atoms. The summed E-state index contributed by atoms with van der Waals surface area (Å²) in [4.78, 5) is 6.45. The van der Waals surface area contributed by atoms with E-state index in [0.717, 1.165) is 24.5 Å². The average molecular weight is 276 g/mol. The minimum absolute atomic E-state index is 0.703.